The second-order valence-corrected chi connectivity index (χ2v) is 1.32. The van der Waals surface area contributed by atoms with Crippen LogP contribution in [-0.4, -0.2) is 20.0 Å². The Kier molecular flexibility index (Phi) is 0.918. The molecule has 46 valence electrons. The van der Waals surface area contributed by atoms with Crippen LogP contribution in [0.2, 0.25) is 0 Å². The van der Waals surface area contributed by atoms with Crippen LogP contribution in [0.5, 0.6) is 0 Å². The molecule has 0 saturated heterocycles. The molecule has 6 nitrogen and oxygen atoms in total. The predicted molar refractivity (Wildman–Crippen MR) is 29.1 cm³/mol. The smallest absolute Gasteiger partial charge is 0.0637 e. The summed E-state index contributed by atoms with van der Waals surface area (Å²) in [5, 5.41) is 5.11. The fourth-order valence-electron chi connectivity index (χ4n) is 0.381. The fraction of sp³-hybridized carbons (Fsp3) is 0. The van der Waals surface area contributed by atoms with Crippen molar-refractivity contribution in [3.63, 3.8) is 0 Å². The molecule has 1 heterocycles. The summed E-state index contributed by atoms with van der Waals surface area (Å²) in [5.74, 6) is 10.4. The van der Waals surface area contributed by atoms with Gasteiger partial charge in [-0.25, -0.2) is 0 Å². The Balaban J connectivity index is 3.08. The second kappa shape index (κ2) is 1.57. The molecule has 0 fully saturated rings. The van der Waals surface area contributed by atoms with Crippen LogP contribution in [-0.2, 0) is 0 Å². The molecule has 1 rings (SSSR count). The number of nitrogens with zero attached hydrogens (tertiary/aromatic N) is 2. The van der Waals surface area contributed by atoms with E-state index < -0.39 is 0 Å². The lowest BCUT2D eigenvalue weighted by Crippen LogP contribution is -2.25. The maximum absolute atomic E-state index is 5.20. The zero-order valence-corrected chi connectivity index (χ0v) is 4.20. The number of hydrogen-bond acceptors (Lipinski definition) is 2. The van der Waals surface area contributed by atoms with Gasteiger partial charge in [0.2, 0.25) is 0 Å². The van der Waals surface area contributed by atoms with Crippen LogP contribution in [0.3, 0.4) is 0 Å². The Labute approximate surface area is 45.3 Å². The number of nitrogens with two attached hydrogens (primary N) is 2. The van der Waals surface area contributed by atoms with Crippen molar-refractivity contribution in [1.29, 1.82) is 0 Å². The number of nitrogens with one attached hydrogen (secondary N) is 2. The second-order valence-electron chi connectivity index (χ2n) is 1.32. The molecule has 0 aliphatic rings. The van der Waals surface area contributed by atoms with Gasteiger partial charge in [0.1, 0.15) is 0 Å². The third-order valence-electron chi connectivity index (χ3n) is 0.672. The van der Waals surface area contributed by atoms with Gasteiger partial charge in [-0.05, 0) is 0 Å². The lowest BCUT2D eigenvalue weighted by atomic mass is 10.9. The van der Waals surface area contributed by atoms with Crippen molar-refractivity contribution in [2.24, 2.45) is 0 Å². The number of H-pyrrole nitrogens is 2. The summed E-state index contributed by atoms with van der Waals surface area (Å²) in [6.45, 7) is 0. The lowest BCUT2D eigenvalue weighted by molar-refractivity contribution is 0.540. The molecule has 0 aliphatic carbocycles. The molecule has 8 heavy (non-hydrogen) atoms. The predicted octanol–water partition coefficient (Wildman–Crippen LogP) is -1.50. The number of aromatic amines is 2. The molecule has 6 N–H and O–H groups in total. The zero-order valence-electron chi connectivity index (χ0n) is 4.20. The van der Waals surface area contributed by atoms with Crippen molar-refractivity contribution in [1.82, 2.24) is 20.0 Å². The molecule has 1 aromatic heterocycles. The number of hydrogen-bond donors (Lipinski definition) is 4. The third-order valence-corrected chi connectivity index (χ3v) is 0.672. The standard InChI is InChI=1S/C2H8N6/c3-7-2-1-5-8(4)6-7/h1-2,5-6H,3-4H2. The molecule has 6 heteroatoms. The van der Waals surface area contributed by atoms with Gasteiger partial charge in [0.15, 0.2) is 0 Å². The van der Waals surface area contributed by atoms with Crippen molar-refractivity contribution in [2.45, 2.75) is 0 Å². The van der Waals surface area contributed by atoms with E-state index in [1.54, 1.807) is 12.4 Å². The van der Waals surface area contributed by atoms with E-state index in [0.29, 0.717) is 0 Å². The van der Waals surface area contributed by atoms with Crippen molar-refractivity contribution < 1.29 is 0 Å². The summed E-state index contributed by atoms with van der Waals surface area (Å²) >= 11 is 0. The van der Waals surface area contributed by atoms with Crippen LogP contribution in [0.4, 0.5) is 0 Å². The van der Waals surface area contributed by atoms with E-state index in [-0.39, 0.29) is 0 Å². The van der Waals surface area contributed by atoms with E-state index in [9.17, 15) is 0 Å². The minimum atomic E-state index is 1.12. The van der Waals surface area contributed by atoms with Gasteiger partial charge in [0.25, 0.3) is 0 Å². The van der Waals surface area contributed by atoms with Crippen LogP contribution in [0.25, 0.3) is 0 Å². The summed E-state index contributed by atoms with van der Waals surface area (Å²) in [5.41, 5.74) is 0. The van der Waals surface area contributed by atoms with Crippen LogP contribution in [0, 0.1) is 0 Å². The maximum atomic E-state index is 5.20. The third kappa shape index (κ3) is 0.780. The minimum absolute atomic E-state index is 1.12. The van der Waals surface area contributed by atoms with Crippen molar-refractivity contribution >= 4 is 0 Å². The Bertz CT molecular complexity index is 166. The van der Waals surface area contributed by atoms with Gasteiger partial charge in [-0.1, -0.05) is 0 Å². The van der Waals surface area contributed by atoms with Crippen molar-refractivity contribution in [2.75, 3.05) is 11.7 Å². The van der Waals surface area contributed by atoms with Gasteiger partial charge in [-0.3, -0.25) is 5.10 Å². The monoisotopic (exact) mass is 116 g/mol. The highest BCUT2D eigenvalue weighted by Crippen LogP contribution is 1.63. The van der Waals surface area contributed by atoms with Crippen molar-refractivity contribution in [3.8, 4) is 0 Å². The van der Waals surface area contributed by atoms with E-state index in [1.807, 2.05) is 0 Å². The Hall–Kier alpha value is -1.46. The first kappa shape index (κ1) is 4.69. The molecule has 0 saturated carbocycles. The van der Waals surface area contributed by atoms with Crippen LogP contribution < -0.4 is 11.7 Å². The normalized spacial score (nSPS) is 9.00. The molecule has 0 spiro atoms. The van der Waals surface area contributed by atoms with E-state index >= 15 is 0 Å². The van der Waals surface area contributed by atoms with E-state index in [2.05, 4.69) is 10.3 Å². The first-order valence-corrected chi connectivity index (χ1v) is 2.07. The molecule has 0 unspecified atom stereocenters. The van der Waals surface area contributed by atoms with E-state index in [4.69, 9.17) is 11.7 Å². The minimum Gasteiger partial charge on any atom is -0.324 e. The van der Waals surface area contributed by atoms with Crippen LogP contribution in [0.1, 0.15) is 0 Å². The summed E-state index contributed by atoms with van der Waals surface area (Å²) in [6, 6.07) is 0. The highest BCUT2D eigenvalue weighted by molar-refractivity contribution is 4.60. The molecule has 0 atom stereocenters. The van der Waals surface area contributed by atoms with Gasteiger partial charge in [0.05, 0.1) is 6.20 Å². The highest BCUT2D eigenvalue weighted by atomic mass is 15.7. The summed E-state index contributed by atoms with van der Waals surface area (Å²) in [7, 11) is 0. The van der Waals surface area contributed by atoms with Gasteiger partial charge < -0.3 is 11.7 Å². The van der Waals surface area contributed by atoms with Crippen LogP contribution >= 0.6 is 0 Å². The SMILES string of the molecule is Nn1cc[nH]n(N)[nH]1. The number of nitrogen functional groups attached to an aromatic ring is 2. The zero-order chi connectivity index (χ0) is 5.98. The summed E-state index contributed by atoms with van der Waals surface area (Å²) in [6.07, 6.45) is 3.18. The van der Waals surface area contributed by atoms with Crippen molar-refractivity contribution in [3.05, 3.63) is 12.4 Å². The molecule has 1 aromatic rings. The first-order valence-electron chi connectivity index (χ1n) is 2.07. The number of rotatable bonds is 0. The Morgan fingerprint density at radius 1 is 1.38 bits per heavy atom. The molecular formula is C2H8N6. The van der Waals surface area contributed by atoms with E-state index in [1.165, 1.54) is 4.79 Å². The molecule has 0 aliphatic heterocycles. The number of aromatic nitrogens is 4. The Morgan fingerprint density at radius 2 is 2.12 bits per heavy atom. The molecule has 0 aromatic carbocycles. The average Bonchev–Trinajstić information content (AvgIpc) is 1.64. The first-order chi connectivity index (χ1) is 3.79. The van der Waals surface area contributed by atoms with E-state index in [0.717, 1.165) is 4.91 Å². The van der Waals surface area contributed by atoms with Gasteiger partial charge in [-0.15, -0.1) is 4.91 Å². The molecule has 0 bridgehead atoms. The highest BCUT2D eigenvalue weighted by Gasteiger charge is 1.71. The van der Waals surface area contributed by atoms with Gasteiger partial charge in [0, 0.05) is 6.20 Å². The average molecular weight is 116 g/mol. The molecular weight excluding hydrogens is 108 g/mol. The summed E-state index contributed by atoms with van der Waals surface area (Å²) in [4.78, 5) is 2.34. The molecule has 0 amide bonds. The quantitative estimate of drug-likeness (QED) is 0.310. The van der Waals surface area contributed by atoms with Crippen LogP contribution in [0.15, 0.2) is 12.4 Å². The van der Waals surface area contributed by atoms with Gasteiger partial charge >= 0.3 is 0 Å². The fourth-order valence-corrected chi connectivity index (χ4v) is 0.381. The molecule has 0 radical (unpaired) electrons. The Morgan fingerprint density at radius 3 is 2.50 bits per heavy atom. The van der Waals surface area contributed by atoms with Gasteiger partial charge in [-0.2, -0.15) is 10.0 Å². The summed E-state index contributed by atoms with van der Waals surface area (Å²) < 4.78 is 0. The maximum Gasteiger partial charge on any atom is 0.0637 e. The topological polar surface area (TPSA) is 93.5 Å². The largest absolute Gasteiger partial charge is 0.324 e. The lowest BCUT2D eigenvalue weighted by Gasteiger charge is -2.01.